The van der Waals surface area contributed by atoms with Crippen LogP contribution in [0.25, 0.3) is 0 Å². The summed E-state index contributed by atoms with van der Waals surface area (Å²) < 4.78 is 0. The summed E-state index contributed by atoms with van der Waals surface area (Å²) >= 11 is 0. The van der Waals surface area contributed by atoms with Crippen LogP contribution in [-0.2, 0) is 19.5 Å². The Morgan fingerprint density at radius 1 is 1.25 bits per heavy atom. The van der Waals surface area contributed by atoms with Gasteiger partial charge in [-0.25, -0.2) is 0 Å². The van der Waals surface area contributed by atoms with E-state index >= 15 is 0 Å². The number of hydrogen-bond acceptors (Lipinski definition) is 0. The molecule has 0 rings (SSSR count). The first kappa shape index (κ1) is 20.6. The second-order valence-electron chi connectivity index (χ2n) is 0. The molecule has 4 heavy (non-hydrogen) atoms. The molecule has 0 unspecified atom stereocenters. The molecule has 0 aromatic rings. The molecule has 0 aliphatic carbocycles. The Morgan fingerprint density at radius 3 is 1.25 bits per heavy atom. The number of terminal acetylenes is 1. The quantitative estimate of drug-likeness (QED) is 0.244. The van der Waals surface area contributed by atoms with E-state index in [9.17, 15) is 0 Å². The van der Waals surface area contributed by atoms with Crippen LogP contribution in [0.1, 0.15) is 0 Å². The molecule has 0 amide bonds. The first-order chi connectivity index (χ1) is 1.00. The minimum absolute atomic E-state index is 0. The maximum Gasteiger partial charge on any atom is 0 e. The van der Waals surface area contributed by atoms with Gasteiger partial charge in [-0.2, -0.15) is 0 Å². The molecule has 0 atom stereocenters. The van der Waals surface area contributed by atoms with Gasteiger partial charge in [0.1, 0.15) is 0 Å². The molecular formula is C2H2IZn-. The van der Waals surface area contributed by atoms with Gasteiger partial charge in [0, 0.05) is 19.5 Å². The third kappa shape index (κ3) is 12.8. The van der Waals surface area contributed by atoms with Crippen LogP contribution in [0.3, 0.4) is 0 Å². The molecular weight excluding hydrogens is 216 g/mol. The SMILES string of the molecule is I.[C-]#C.[Zn]. The van der Waals surface area contributed by atoms with Gasteiger partial charge in [0.2, 0.25) is 0 Å². The van der Waals surface area contributed by atoms with Crippen LogP contribution in [0.4, 0.5) is 0 Å². The Bertz CT molecular complexity index is 10.8. The summed E-state index contributed by atoms with van der Waals surface area (Å²) in [5.74, 6) is 0. The monoisotopic (exact) mass is 217 g/mol. The molecule has 0 aliphatic heterocycles. The van der Waals surface area contributed by atoms with Gasteiger partial charge in [-0.05, 0) is 0 Å². The predicted octanol–water partition coefficient (Wildman–Crippen LogP) is 0.821. The summed E-state index contributed by atoms with van der Waals surface area (Å²) in [6.45, 7) is 0. The van der Waals surface area contributed by atoms with Crippen molar-refractivity contribution in [3.63, 3.8) is 0 Å². The van der Waals surface area contributed by atoms with E-state index in [-0.39, 0.29) is 43.5 Å². The van der Waals surface area contributed by atoms with Crippen molar-refractivity contribution in [1.82, 2.24) is 0 Å². The fourth-order valence-electron chi connectivity index (χ4n) is 0. The summed E-state index contributed by atoms with van der Waals surface area (Å²) in [6, 6.07) is 0. The molecule has 0 aromatic carbocycles. The van der Waals surface area contributed by atoms with E-state index < -0.39 is 0 Å². The van der Waals surface area contributed by atoms with Crippen molar-refractivity contribution < 1.29 is 19.5 Å². The second kappa shape index (κ2) is 39.8. The summed E-state index contributed by atoms with van der Waals surface area (Å²) in [5, 5.41) is 0. The smallest absolute Gasteiger partial charge is 0 e. The largest absolute Gasteiger partial charge is 0.697 e. The zero-order valence-corrected chi connectivity index (χ0v) is 7.49. The first-order valence-electron chi connectivity index (χ1n) is 0.289. The zero-order chi connectivity index (χ0) is 2.00. The standard InChI is InChI=1S/C2H.HI.Zn/c1-2;;/h1H;1H;/q-1;;. The van der Waals surface area contributed by atoms with Crippen LogP contribution in [0, 0.1) is 12.8 Å². The van der Waals surface area contributed by atoms with Gasteiger partial charge in [0.15, 0.2) is 0 Å². The molecule has 0 bridgehead atoms. The second-order valence-corrected chi connectivity index (χ2v) is 0. The zero-order valence-electron chi connectivity index (χ0n) is 2.19. The van der Waals surface area contributed by atoms with Gasteiger partial charge < -0.3 is 12.8 Å². The van der Waals surface area contributed by atoms with Gasteiger partial charge in [-0.1, -0.05) is 0 Å². The third-order valence-electron chi connectivity index (χ3n) is 0. The van der Waals surface area contributed by atoms with Crippen molar-refractivity contribution in [2.75, 3.05) is 0 Å². The summed E-state index contributed by atoms with van der Waals surface area (Å²) in [6.07, 6.45) is 9.00. The average Bonchev–Trinajstić information content (AvgIpc) is 1.00. The van der Waals surface area contributed by atoms with Gasteiger partial charge in [0.25, 0.3) is 0 Å². The van der Waals surface area contributed by atoms with Crippen LogP contribution >= 0.6 is 24.0 Å². The van der Waals surface area contributed by atoms with Crippen molar-refractivity contribution >= 4 is 24.0 Å². The molecule has 0 saturated carbocycles. The minimum atomic E-state index is 0. The number of halogens is 1. The van der Waals surface area contributed by atoms with E-state index in [0.717, 1.165) is 0 Å². The molecule has 0 N–H and O–H groups in total. The topological polar surface area (TPSA) is 0 Å². The van der Waals surface area contributed by atoms with Crippen molar-refractivity contribution in [3.8, 4) is 6.42 Å². The van der Waals surface area contributed by atoms with E-state index in [2.05, 4.69) is 6.42 Å². The third-order valence-corrected chi connectivity index (χ3v) is 0. The summed E-state index contributed by atoms with van der Waals surface area (Å²) in [7, 11) is 0. The Kier molecular flexibility index (Phi) is 205. The molecule has 0 nitrogen and oxygen atoms in total. The van der Waals surface area contributed by atoms with Crippen molar-refractivity contribution in [3.05, 3.63) is 6.42 Å². The van der Waals surface area contributed by atoms with E-state index in [1.54, 1.807) is 0 Å². The molecule has 2 heteroatoms. The van der Waals surface area contributed by atoms with Crippen molar-refractivity contribution in [1.29, 1.82) is 0 Å². The first-order valence-corrected chi connectivity index (χ1v) is 0.289. The van der Waals surface area contributed by atoms with Gasteiger partial charge in [0.05, 0.1) is 0 Å². The van der Waals surface area contributed by atoms with Crippen molar-refractivity contribution in [2.45, 2.75) is 0 Å². The Hall–Kier alpha value is 0.913. The van der Waals surface area contributed by atoms with E-state index in [1.807, 2.05) is 0 Å². The Labute approximate surface area is 56.1 Å². The van der Waals surface area contributed by atoms with Crippen LogP contribution in [-0.4, -0.2) is 0 Å². The fraction of sp³-hybridized carbons (Fsp3) is 0. The molecule has 20 valence electrons. The van der Waals surface area contributed by atoms with Crippen LogP contribution in [0.15, 0.2) is 0 Å². The molecule has 0 aliphatic rings. The maximum atomic E-state index is 5.25. The average molecular weight is 218 g/mol. The van der Waals surface area contributed by atoms with Gasteiger partial charge >= 0.3 is 0 Å². The molecule has 0 spiro atoms. The van der Waals surface area contributed by atoms with Gasteiger partial charge in [-0.3, -0.25) is 0 Å². The van der Waals surface area contributed by atoms with E-state index in [4.69, 9.17) is 6.42 Å². The fourth-order valence-corrected chi connectivity index (χ4v) is 0. The maximum absolute atomic E-state index is 5.25. The van der Waals surface area contributed by atoms with Crippen LogP contribution < -0.4 is 0 Å². The van der Waals surface area contributed by atoms with Crippen molar-refractivity contribution in [2.24, 2.45) is 0 Å². The molecule has 0 heterocycles. The molecule has 0 radical (unpaired) electrons. The minimum Gasteiger partial charge on any atom is -0.697 e. The van der Waals surface area contributed by atoms with E-state index in [1.165, 1.54) is 0 Å². The summed E-state index contributed by atoms with van der Waals surface area (Å²) in [5.41, 5.74) is 0. The number of hydrogen-bond donors (Lipinski definition) is 0. The molecule has 0 saturated heterocycles. The van der Waals surface area contributed by atoms with Crippen LogP contribution in [0.2, 0.25) is 0 Å². The molecule has 0 aromatic heterocycles. The summed E-state index contributed by atoms with van der Waals surface area (Å²) in [4.78, 5) is 0. The Morgan fingerprint density at radius 2 is 1.25 bits per heavy atom. The molecule has 0 fully saturated rings. The predicted molar refractivity (Wildman–Crippen MR) is 23.6 cm³/mol. The van der Waals surface area contributed by atoms with Crippen LogP contribution in [0.5, 0.6) is 0 Å². The van der Waals surface area contributed by atoms with E-state index in [0.29, 0.717) is 0 Å². The Balaban J connectivity index is -0.00000000500. The normalized spacial score (nSPS) is 0.500. The van der Waals surface area contributed by atoms with Gasteiger partial charge in [-0.15, -0.1) is 24.0 Å². The number of rotatable bonds is 0.